The molecule has 1 aromatic carbocycles. The Bertz CT molecular complexity index is 886. The summed E-state index contributed by atoms with van der Waals surface area (Å²) >= 11 is 1.37. The van der Waals surface area contributed by atoms with E-state index in [1.54, 1.807) is 24.5 Å². The number of anilines is 1. The zero-order chi connectivity index (χ0) is 16.4. The van der Waals surface area contributed by atoms with E-state index < -0.39 is 4.92 Å². The molecule has 8 nitrogen and oxygen atoms in total. The molecule has 0 saturated heterocycles. The predicted molar refractivity (Wildman–Crippen MR) is 85.0 cm³/mol. The van der Waals surface area contributed by atoms with Crippen LogP contribution in [-0.4, -0.2) is 25.6 Å². The van der Waals surface area contributed by atoms with Gasteiger partial charge < -0.3 is 0 Å². The van der Waals surface area contributed by atoms with E-state index in [0.29, 0.717) is 10.8 Å². The molecule has 0 spiro atoms. The number of amides is 1. The number of nitro benzene ring substituents is 1. The van der Waals surface area contributed by atoms with Gasteiger partial charge in [0.05, 0.1) is 10.6 Å². The van der Waals surface area contributed by atoms with Gasteiger partial charge in [-0.2, -0.15) is 5.10 Å². The van der Waals surface area contributed by atoms with Crippen LogP contribution in [0.3, 0.4) is 0 Å². The van der Waals surface area contributed by atoms with Crippen molar-refractivity contribution in [3.63, 3.8) is 0 Å². The normalized spacial score (nSPS) is 10.5. The van der Waals surface area contributed by atoms with Gasteiger partial charge in [0.2, 0.25) is 0 Å². The first-order valence-corrected chi connectivity index (χ1v) is 7.39. The lowest BCUT2D eigenvalue weighted by Crippen LogP contribution is -2.13. The predicted octanol–water partition coefficient (Wildman–Crippen LogP) is 2.80. The maximum atomic E-state index is 12.1. The highest BCUT2D eigenvalue weighted by Gasteiger charge is 2.13. The zero-order valence-corrected chi connectivity index (χ0v) is 12.8. The van der Waals surface area contributed by atoms with Gasteiger partial charge in [0.25, 0.3) is 11.6 Å². The van der Waals surface area contributed by atoms with Crippen molar-refractivity contribution >= 4 is 28.1 Å². The number of hydrogen-bond donors (Lipinski definition) is 1. The van der Waals surface area contributed by atoms with Crippen LogP contribution in [0.15, 0.2) is 42.7 Å². The van der Waals surface area contributed by atoms with Crippen LogP contribution < -0.4 is 5.32 Å². The molecule has 0 unspecified atom stereocenters. The molecule has 0 atom stereocenters. The van der Waals surface area contributed by atoms with Gasteiger partial charge in [-0.3, -0.25) is 20.2 Å². The quantitative estimate of drug-likeness (QED) is 0.585. The summed E-state index contributed by atoms with van der Waals surface area (Å²) in [6, 6.07) is 7.55. The summed E-state index contributed by atoms with van der Waals surface area (Å²) in [6.45, 7) is 1.89. The van der Waals surface area contributed by atoms with Gasteiger partial charge in [0, 0.05) is 29.4 Å². The molecular weight excluding hydrogens is 318 g/mol. The lowest BCUT2D eigenvalue weighted by atomic mass is 10.3. The average molecular weight is 329 g/mol. The number of carbonyl (C=O) groups excluding carboxylic acids is 1. The summed E-state index contributed by atoms with van der Waals surface area (Å²) in [4.78, 5) is 27.5. The van der Waals surface area contributed by atoms with E-state index in [-0.39, 0.29) is 17.3 Å². The van der Waals surface area contributed by atoms with E-state index in [4.69, 9.17) is 0 Å². The second kappa shape index (κ2) is 5.97. The number of nitro groups is 1. The third-order valence-electron chi connectivity index (χ3n) is 2.97. The first-order chi connectivity index (χ1) is 11.0. The van der Waals surface area contributed by atoms with Gasteiger partial charge in [-0.25, -0.2) is 9.67 Å². The van der Waals surface area contributed by atoms with Crippen molar-refractivity contribution in [3.05, 3.63) is 63.4 Å². The maximum absolute atomic E-state index is 12.1. The van der Waals surface area contributed by atoms with E-state index in [1.165, 1.54) is 34.2 Å². The summed E-state index contributed by atoms with van der Waals surface area (Å²) in [5.41, 5.74) is 0.662. The van der Waals surface area contributed by atoms with E-state index in [2.05, 4.69) is 15.4 Å². The highest BCUT2D eigenvalue weighted by molar-refractivity contribution is 7.15. The third kappa shape index (κ3) is 3.24. The number of benzene rings is 1. The largest absolute Gasteiger partial charge is 0.296 e. The molecule has 3 aromatic rings. The lowest BCUT2D eigenvalue weighted by Gasteiger charge is -2.01. The van der Waals surface area contributed by atoms with Crippen molar-refractivity contribution in [2.24, 2.45) is 0 Å². The first-order valence-electron chi connectivity index (χ1n) is 6.57. The minimum absolute atomic E-state index is 0.0396. The van der Waals surface area contributed by atoms with Crippen LogP contribution in [0.4, 0.5) is 10.8 Å². The van der Waals surface area contributed by atoms with Gasteiger partial charge >= 0.3 is 0 Å². The number of rotatable bonds is 4. The second-order valence-electron chi connectivity index (χ2n) is 4.65. The Kier molecular flexibility index (Phi) is 3.85. The highest BCUT2D eigenvalue weighted by atomic mass is 32.1. The van der Waals surface area contributed by atoms with Crippen LogP contribution in [0, 0.1) is 17.0 Å². The van der Waals surface area contributed by atoms with Gasteiger partial charge in [-0.1, -0.05) is 6.07 Å². The fraction of sp³-hybridized carbons (Fsp3) is 0.0714. The zero-order valence-electron chi connectivity index (χ0n) is 12.0. The smallest absolute Gasteiger partial charge is 0.277 e. The van der Waals surface area contributed by atoms with Crippen molar-refractivity contribution in [3.8, 4) is 5.69 Å². The molecule has 0 saturated carbocycles. The first kappa shape index (κ1) is 14.9. The van der Waals surface area contributed by atoms with Gasteiger partial charge in [-0.15, -0.1) is 11.3 Å². The van der Waals surface area contributed by atoms with Crippen LogP contribution in [-0.2, 0) is 0 Å². The van der Waals surface area contributed by atoms with Crippen molar-refractivity contribution < 1.29 is 9.72 Å². The number of nitrogens with one attached hydrogen (secondary N) is 1. The molecule has 0 bridgehead atoms. The Morgan fingerprint density at radius 1 is 1.39 bits per heavy atom. The summed E-state index contributed by atoms with van der Waals surface area (Å²) in [5.74, 6) is -0.386. The minimum atomic E-state index is -0.481. The Balaban J connectivity index is 1.81. The monoisotopic (exact) mass is 329 g/mol. The summed E-state index contributed by atoms with van der Waals surface area (Å²) < 4.78 is 1.41. The van der Waals surface area contributed by atoms with Crippen LogP contribution in [0.25, 0.3) is 5.69 Å². The summed E-state index contributed by atoms with van der Waals surface area (Å²) in [7, 11) is 0. The number of aromatic nitrogens is 3. The fourth-order valence-electron chi connectivity index (χ4n) is 1.91. The van der Waals surface area contributed by atoms with Crippen molar-refractivity contribution in [2.45, 2.75) is 6.92 Å². The van der Waals surface area contributed by atoms with E-state index in [0.717, 1.165) is 4.88 Å². The average Bonchev–Trinajstić information content (AvgIpc) is 3.16. The molecule has 0 aliphatic rings. The number of hydrogen-bond acceptors (Lipinski definition) is 6. The molecular formula is C14H11N5O3S. The topological polar surface area (TPSA) is 103 Å². The van der Waals surface area contributed by atoms with Gasteiger partial charge in [-0.05, 0) is 19.1 Å². The van der Waals surface area contributed by atoms with E-state index >= 15 is 0 Å². The molecule has 2 aromatic heterocycles. The minimum Gasteiger partial charge on any atom is -0.296 e. The Morgan fingerprint density at radius 3 is 2.91 bits per heavy atom. The molecule has 0 aliphatic heterocycles. The number of nitrogens with zero attached hydrogens (tertiary/aromatic N) is 4. The van der Waals surface area contributed by atoms with Crippen LogP contribution >= 0.6 is 11.3 Å². The van der Waals surface area contributed by atoms with Crippen LogP contribution in [0.2, 0.25) is 0 Å². The van der Waals surface area contributed by atoms with Crippen molar-refractivity contribution in [2.75, 3.05) is 5.32 Å². The fourth-order valence-corrected chi connectivity index (χ4v) is 2.57. The Hall–Kier alpha value is -3.07. The molecule has 116 valence electrons. The lowest BCUT2D eigenvalue weighted by molar-refractivity contribution is -0.384. The van der Waals surface area contributed by atoms with Gasteiger partial charge in [0.1, 0.15) is 0 Å². The van der Waals surface area contributed by atoms with Crippen molar-refractivity contribution in [1.29, 1.82) is 0 Å². The van der Waals surface area contributed by atoms with Crippen LogP contribution in [0.1, 0.15) is 15.4 Å². The Morgan fingerprint density at radius 2 is 2.22 bits per heavy atom. The number of aryl methyl sites for hydroxylation is 1. The molecule has 1 amide bonds. The molecule has 9 heteroatoms. The second-order valence-corrected chi connectivity index (χ2v) is 5.89. The molecule has 2 heterocycles. The number of carbonyl (C=O) groups is 1. The highest BCUT2D eigenvalue weighted by Crippen LogP contribution is 2.18. The number of thiazole rings is 1. The standard InChI is InChI=1S/C14H11N5O3S/c1-9-8-15-14(23-9)16-13(20)12-5-6-18(17-12)10-3-2-4-11(7-10)19(21)22/h2-8H,1H3,(H,15,16,20). The number of non-ortho nitro benzene ring substituents is 1. The van der Waals surface area contributed by atoms with Crippen molar-refractivity contribution in [1.82, 2.24) is 14.8 Å². The SMILES string of the molecule is Cc1cnc(NC(=O)c2ccn(-c3cccc([N+](=O)[O-])c3)n2)s1. The Labute approximate surface area is 134 Å². The van der Waals surface area contributed by atoms with Gasteiger partial charge in [0.15, 0.2) is 10.8 Å². The molecule has 1 N–H and O–H groups in total. The molecule has 3 rings (SSSR count). The molecule has 0 aliphatic carbocycles. The molecule has 0 radical (unpaired) electrons. The third-order valence-corrected chi connectivity index (χ3v) is 3.80. The summed E-state index contributed by atoms with van der Waals surface area (Å²) in [6.07, 6.45) is 3.24. The maximum Gasteiger partial charge on any atom is 0.277 e. The van der Waals surface area contributed by atoms with E-state index in [9.17, 15) is 14.9 Å². The van der Waals surface area contributed by atoms with Crippen LogP contribution in [0.5, 0.6) is 0 Å². The molecule has 23 heavy (non-hydrogen) atoms. The van der Waals surface area contributed by atoms with E-state index in [1.807, 2.05) is 6.92 Å². The molecule has 0 fully saturated rings. The summed E-state index contributed by atoms with van der Waals surface area (Å²) in [5, 5.41) is 18.1.